The Morgan fingerprint density at radius 3 is 2.58 bits per heavy atom. The second kappa shape index (κ2) is 7.10. The van der Waals surface area contributed by atoms with Crippen molar-refractivity contribution in [1.29, 1.82) is 0 Å². The van der Waals surface area contributed by atoms with Crippen LogP contribution in [0.4, 0.5) is 0 Å². The summed E-state index contributed by atoms with van der Waals surface area (Å²) >= 11 is 0. The molecule has 0 aromatic carbocycles. The highest BCUT2D eigenvalue weighted by molar-refractivity contribution is 5.75. The number of methoxy groups -OCH3 is 1. The van der Waals surface area contributed by atoms with Crippen molar-refractivity contribution in [2.45, 2.75) is 39.2 Å². The van der Waals surface area contributed by atoms with Crippen molar-refractivity contribution in [3.8, 4) is 0 Å². The van der Waals surface area contributed by atoms with E-state index in [2.05, 4.69) is 17.0 Å². The molecule has 0 spiro atoms. The van der Waals surface area contributed by atoms with Crippen LogP contribution in [0.25, 0.3) is 0 Å². The number of ether oxygens (including phenoxy) is 1. The first-order valence-corrected chi connectivity index (χ1v) is 4.57. The lowest BCUT2D eigenvalue weighted by Crippen LogP contribution is -2.37. The molecule has 12 heavy (non-hydrogen) atoms. The topological polar surface area (TPSA) is 38.3 Å². The van der Waals surface area contributed by atoms with Gasteiger partial charge in [0.05, 0.1) is 7.11 Å². The molecule has 0 aliphatic carbocycles. The fourth-order valence-electron chi connectivity index (χ4n) is 1.10. The highest BCUT2D eigenvalue weighted by atomic mass is 16.5. The molecule has 0 aliphatic rings. The zero-order chi connectivity index (χ0) is 9.40. The fourth-order valence-corrected chi connectivity index (χ4v) is 1.10. The van der Waals surface area contributed by atoms with E-state index in [1.165, 1.54) is 7.11 Å². The van der Waals surface area contributed by atoms with E-state index in [9.17, 15) is 4.79 Å². The van der Waals surface area contributed by atoms with E-state index in [1.807, 2.05) is 6.92 Å². The van der Waals surface area contributed by atoms with Crippen molar-refractivity contribution >= 4 is 5.97 Å². The predicted molar refractivity (Wildman–Crippen MR) is 49.0 cm³/mol. The molecule has 0 aromatic rings. The molecule has 3 nitrogen and oxygen atoms in total. The van der Waals surface area contributed by atoms with Crippen LogP contribution >= 0.6 is 0 Å². The average Bonchev–Trinajstić information content (AvgIpc) is 2.11. The largest absolute Gasteiger partial charge is 0.468 e. The summed E-state index contributed by atoms with van der Waals surface area (Å²) in [6.07, 6.45) is 3.04. The number of carbonyl (C=O) groups is 1. The molecule has 0 heterocycles. The Bertz CT molecular complexity index is 126. The van der Waals surface area contributed by atoms with Crippen LogP contribution in [0.15, 0.2) is 0 Å². The minimum Gasteiger partial charge on any atom is -0.468 e. The monoisotopic (exact) mass is 173 g/mol. The SMILES string of the molecule is CCCCC(NCC)C(=O)OC. The van der Waals surface area contributed by atoms with Gasteiger partial charge in [-0.25, -0.2) is 0 Å². The standard InChI is InChI=1S/C9H19NO2/c1-4-6-7-8(10-5-2)9(11)12-3/h8,10H,4-7H2,1-3H3. The van der Waals surface area contributed by atoms with Gasteiger partial charge >= 0.3 is 5.97 Å². The first-order valence-electron chi connectivity index (χ1n) is 4.57. The molecular formula is C9H19NO2. The Balaban J connectivity index is 3.76. The van der Waals surface area contributed by atoms with Crippen LogP contribution in [0, 0.1) is 0 Å². The molecular weight excluding hydrogens is 154 g/mol. The van der Waals surface area contributed by atoms with Gasteiger partial charge in [0.25, 0.3) is 0 Å². The van der Waals surface area contributed by atoms with E-state index in [1.54, 1.807) is 0 Å². The fraction of sp³-hybridized carbons (Fsp3) is 0.889. The van der Waals surface area contributed by atoms with Gasteiger partial charge in [0, 0.05) is 0 Å². The summed E-state index contributed by atoms with van der Waals surface area (Å²) in [6.45, 7) is 4.91. The summed E-state index contributed by atoms with van der Waals surface area (Å²) in [5.74, 6) is -0.148. The van der Waals surface area contributed by atoms with Crippen LogP contribution in [-0.4, -0.2) is 25.7 Å². The van der Waals surface area contributed by atoms with Crippen LogP contribution in [0.3, 0.4) is 0 Å². The quantitative estimate of drug-likeness (QED) is 0.616. The van der Waals surface area contributed by atoms with Crippen LogP contribution in [0.1, 0.15) is 33.1 Å². The first kappa shape index (κ1) is 11.4. The Morgan fingerprint density at radius 1 is 1.50 bits per heavy atom. The molecule has 1 unspecified atom stereocenters. The maximum Gasteiger partial charge on any atom is 0.322 e. The summed E-state index contributed by atoms with van der Waals surface area (Å²) in [7, 11) is 1.43. The third kappa shape index (κ3) is 4.34. The lowest BCUT2D eigenvalue weighted by Gasteiger charge is -2.14. The molecule has 0 radical (unpaired) electrons. The zero-order valence-corrected chi connectivity index (χ0v) is 8.22. The Morgan fingerprint density at radius 2 is 2.17 bits per heavy atom. The van der Waals surface area contributed by atoms with Gasteiger partial charge in [-0.15, -0.1) is 0 Å². The van der Waals surface area contributed by atoms with E-state index < -0.39 is 0 Å². The van der Waals surface area contributed by atoms with Gasteiger partial charge in [0.15, 0.2) is 0 Å². The van der Waals surface area contributed by atoms with E-state index in [4.69, 9.17) is 0 Å². The number of likely N-dealkylation sites (N-methyl/N-ethyl adjacent to an activating group) is 1. The Kier molecular flexibility index (Phi) is 6.76. The minimum absolute atomic E-state index is 0.111. The molecule has 0 bridgehead atoms. The van der Waals surface area contributed by atoms with E-state index >= 15 is 0 Å². The number of esters is 1. The molecule has 72 valence electrons. The molecule has 0 aliphatic heterocycles. The number of hydrogen-bond acceptors (Lipinski definition) is 3. The van der Waals surface area contributed by atoms with E-state index in [0.29, 0.717) is 0 Å². The highest BCUT2D eigenvalue weighted by Gasteiger charge is 2.16. The molecule has 0 amide bonds. The maximum atomic E-state index is 11.1. The molecule has 0 aromatic heterocycles. The first-order chi connectivity index (χ1) is 5.76. The number of hydrogen-bond donors (Lipinski definition) is 1. The molecule has 0 saturated heterocycles. The highest BCUT2D eigenvalue weighted by Crippen LogP contribution is 2.01. The van der Waals surface area contributed by atoms with Crippen LogP contribution in [0.5, 0.6) is 0 Å². The summed E-state index contributed by atoms with van der Waals surface area (Å²) in [4.78, 5) is 11.1. The van der Waals surface area contributed by atoms with Crippen molar-refractivity contribution in [3.63, 3.8) is 0 Å². The Hall–Kier alpha value is -0.570. The van der Waals surface area contributed by atoms with Crippen molar-refractivity contribution in [1.82, 2.24) is 5.32 Å². The molecule has 1 atom stereocenters. The molecule has 0 fully saturated rings. The van der Waals surface area contributed by atoms with Gasteiger partial charge in [-0.3, -0.25) is 4.79 Å². The van der Waals surface area contributed by atoms with Gasteiger partial charge in [0.2, 0.25) is 0 Å². The number of unbranched alkanes of at least 4 members (excludes halogenated alkanes) is 1. The van der Waals surface area contributed by atoms with Crippen LogP contribution in [-0.2, 0) is 9.53 Å². The number of nitrogens with one attached hydrogen (secondary N) is 1. The third-order valence-corrected chi connectivity index (χ3v) is 1.78. The third-order valence-electron chi connectivity index (χ3n) is 1.78. The van der Waals surface area contributed by atoms with Crippen molar-refractivity contribution < 1.29 is 9.53 Å². The molecule has 0 saturated carbocycles. The minimum atomic E-state index is -0.148. The summed E-state index contributed by atoms with van der Waals surface area (Å²) < 4.78 is 4.66. The van der Waals surface area contributed by atoms with Gasteiger partial charge < -0.3 is 10.1 Å². The van der Waals surface area contributed by atoms with Gasteiger partial charge in [-0.2, -0.15) is 0 Å². The van der Waals surface area contributed by atoms with E-state index in [-0.39, 0.29) is 12.0 Å². The molecule has 1 N–H and O–H groups in total. The van der Waals surface area contributed by atoms with Gasteiger partial charge in [0.1, 0.15) is 6.04 Å². The second-order valence-corrected chi connectivity index (χ2v) is 2.78. The smallest absolute Gasteiger partial charge is 0.322 e. The Labute approximate surface area is 74.5 Å². The van der Waals surface area contributed by atoms with E-state index in [0.717, 1.165) is 25.8 Å². The van der Waals surface area contributed by atoms with Crippen LogP contribution in [0.2, 0.25) is 0 Å². The van der Waals surface area contributed by atoms with Crippen LogP contribution < -0.4 is 5.32 Å². The summed E-state index contributed by atoms with van der Waals surface area (Å²) in [5, 5.41) is 3.09. The predicted octanol–water partition coefficient (Wildman–Crippen LogP) is 1.33. The lowest BCUT2D eigenvalue weighted by atomic mass is 10.1. The van der Waals surface area contributed by atoms with Crippen molar-refractivity contribution in [3.05, 3.63) is 0 Å². The zero-order valence-electron chi connectivity index (χ0n) is 8.22. The second-order valence-electron chi connectivity index (χ2n) is 2.78. The summed E-state index contributed by atoms with van der Waals surface area (Å²) in [6, 6.07) is -0.111. The van der Waals surface area contributed by atoms with Crippen molar-refractivity contribution in [2.24, 2.45) is 0 Å². The molecule has 3 heteroatoms. The number of rotatable bonds is 6. The summed E-state index contributed by atoms with van der Waals surface area (Å²) in [5.41, 5.74) is 0. The van der Waals surface area contributed by atoms with Crippen molar-refractivity contribution in [2.75, 3.05) is 13.7 Å². The lowest BCUT2D eigenvalue weighted by molar-refractivity contribution is -0.143. The normalized spacial score (nSPS) is 12.6. The number of carbonyl (C=O) groups excluding carboxylic acids is 1. The maximum absolute atomic E-state index is 11.1. The average molecular weight is 173 g/mol. The van der Waals surface area contributed by atoms with Gasteiger partial charge in [-0.1, -0.05) is 26.7 Å². The van der Waals surface area contributed by atoms with Gasteiger partial charge in [-0.05, 0) is 13.0 Å². The molecule has 0 rings (SSSR count).